The first-order chi connectivity index (χ1) is 12.6. The standard InChI is InChI=1S/2C7H5F3N2O2/c2*8-7(9,10)4-1-2-5(11)6(3-4)12(13)14/h2*1-3H,11H2. The van der Waals surface area contributed by atoms with Crippen LogP contribution in [0.3, 0.4) is 0 Å². The molecule has 0 aromatic heterocycles. The quantitative estimate of drug-likeness (QED) is 0.325. The Kier molecular flexibility index (Phi) is 6.40. The number of nitrogens with zero attached hydrogens (tertiary/aromatic N) is 2. The van der Waals surface area contributed by atoms with Gasteiger partial charge < -0.3 is 11.5 Å². The van der Waals surface area contributed by atoms with E-state index in [1.807, 2.05) is 0 Å². The maximum absolute atomic E-state index is 12.1. The monoisotopic (exact) mass is 412 g/mol. The number of anilines is 2. The Morgan fingerprint density at radius 2 is 0.964 bits per heavy atom. The van der Waals surface area contributed by atoms with Crippen molar-refractivity contribution >= 4 is 22.7 Å². The Morgan fingerprint density at radius 3 is 1.18 bits per heavy atom. The smallest absolute Gasteiger partial charge is 0.393 e. The second kappa shape index (κ2) is 7.98. The van der Waals surface area contributed by atoms with Gasteiger partial charge in [0.2, 0.25) is 0 Å². The van der Waals surface area contributed by atoms with Gasteiger partial charge in [-0.1, -0.05) is 0 Å². The molecule has 0 atom stereocenters. The first kappa shape index (κ1) is 22.5. The zero-order valence-corrected chi connectivity index (χ0v) is 13.4. The molecule has 2 aromatic rings. The lowest BCUT2D eigenvalue weighted by Gasteiger charge is -2.06. The fourth-order valence-corrected chi connectivity index (χ4v) is 1.76. The van der Waals surface area contributed by atoms with Crippen LogP contribution in [0.1, 0.15) is 11.1 Å². The third-order valence-corrected chi connectivity index (χ3v) is 3.11. The normalized spacial score (nSPS) is 11.4. The van der Waals surface area contributed by atoms with Crippen molar-refractivity contribution in [2.24, 2.45) is 0 Å². The van der Waals surface area contributed by atoms with Gasteiger partial charge >= 0.3 is 12.4 Å². The highest BCUT2D eigenvalue weighted by Crippen LogP contribution is 2.34. The molecule has 0 radical (unpaired) electrons. The highest BCUT2D eigenvalue weighted by atomic mass is 19.4. The summed E-state index contributed by atoms with van der Waals surface area (Å²) >= 11 is 0. The van der Waals surface area contributed by atoms with Gasteiger partial charge in [0.05, 0.1) is 21.0 Å². The summed E-state index contributed by atoms with van der Waals surface area (Å²) in [4.78, 5) is 18.6. The first-order valence-electron chi connectivity index (χ1n) is 6.86. The number of nitro benzene ring substituents is 2. The SMILES string of the molecule is Nc1ccc(C(F)(F)F)cc1[N+](=O)[O-].Nc1ccc(C(F)(F)F)cc1[N+](=O)[O-]. The molecule has 0 heterocycles. The molecule has 28 heavy (non-hydrogen) atoms. The molecule has 0 unspecified atom stereocenters. The molecule has 2 rings (SSSR count). The molecule has 4 N–H and O–H groups in total. The van der Waals surface area contributed by atoms with Gasteiger partial charge in [0.1, 0.15) is 11.4 Å². The summed E-state index contributed by atoms with van der Waals surface area (Å²) in [6, 6.07) is 3.94. The maximum atomic E-state index is 12.1. The van der Waals surface area contributed by atoms with E-state index in [1.54, 1.807) is 0 Å². The Labute approximate surface area is 151 Å². The largest absolute Gasteiger partial charge is 0.416 e. The van der Waals surface area contributed by atoms with Crippen molar-refractivity contribution in [1.82, 2.24) is 0 Å². The molecule has 0 aliphatic carbocycles. The summed E-state index contributed by atoms with van der Waals surface area (Å²) in [5, 5.41) is 20.5. The topological polar surface area (TPSA) is 138 Å². The van der Waals surface area contributed by atoms with Crippen LogP contribution >= 0.6 is 0 Å². The molecule has 14 heteroatoms. The second-order valence-corrected chi connectivity index (χ2v) is 5.06. The average Bonchev–Trinajstić information content (AvgIpc) is 2.53. The molecule has 8 nitrogen and oxygen atoms in total. The molecular formula is C14H10F6N4O4. The highest BCUT2D eigenvalue weighted by molar-refractivity contribution is 5.60. The van der Waals surface area contributed by atoms with E-state index in [4.69, 9.17) is 11.5 Å². The van der Waals surface area contributed by atoms with E-state index < -0.39 is 44.7 Å². The van der Waals surface area contributed by atoms with Crippen LogP contribution in [0.2, 0.25) is 0 Å². The Bertz CT molecular complexity index is 825. The van der Waals surface area contributed by atoms with Crippen molar-refractivity contribution in [1.29, 1.82) is 0 Å². The van der Waals surface area contributed by atoms with Gasteiger partial charge in [-0.05, 0) is 24.3 Å². The third-order valence-electron chi connectivity index (χ3n) is 3.11. The molecular weight excluding hydrogens is 402 g/mol. The molecule has 0 fully saturated rings. The number of alkyl halides is 6. The van der Waals surface area contributed by atoms with Gasteiger partial charge in [0.25, 0.3) is 11.4 Å². The number of nitrogens with two attached hydrogens (primary N) is 2. The van der Waals surface area contributed by atoms with Gasteiger partial charge in [0.15, 0.2) is 0 Å². The fraction of sp³-hybridized carbons (Fsp3) is 0.143. The van der Waals surface area contributed by atoms with Crippen LogP contribution in [0.15, 0.2) is 36.4 Å². The molecule has 0 aliphatic rings. The van der Waals surface area contributed by atoms with E-state index in [0.717, 1.165) is 12.1 Å². The van der Waals surface area contributed by atoms with E-state index >= 15 is 0 Å². The highest BCUT2D eigenvalue weighted by Gasteiger charge is 2.33. The Morgan fingerprint density at radius 1 is 0.679 bits per heavy atom. The zero-order valence-electron chi connectivity index (χ0n) is 13.4. The number of rotatable bonds is 2. The predicted molar refractivity (Wildman–Crippen MR) is 85.0 cm³/mol. The van der Waals surface area contributed by atoms with Crippen molar-refractivity contribution in [3.8, 4) is 0 Å². The van der Waals surface area contributed by atoms with Crippen molar-refractivity contribution in [2.45, 2.75) is 12.4 Å². The van der Waals surface area contributed by atoms with E-state index in [9.17, 15) is 46.6 Å². The van der Waals surface area contributed by atoms with Crippen molar-refractivity contribution in [2.75, 3.05) is 11.5 Å². The minimum Gasteiger partial charge on any atom is -0.393 e. The van der Waals surface area contributed by atoms with Gasteiger partial charge in [-0.2, -0.15) is 26.3 Å². The summed E-state index contributed by atoms with van der Waals surface area (Å²) < 4.78 is 72.6. The van der Waals surface area contributed by atoms with E-state index in [1.165, 1.54) is 0 Å². The number of hydrogen-bond donors (Lipinski definition) is 2. The van der Waals surface area contributed by atoms with E-state index in [0.29, 0.717) is 24.3 Å². The van der Waals surface area contributed by atoms with Crippen LogP contribution in [-0.2, 0) is 12.4 Å². The molecule has 152 valence electrons. The molecule has 0 spiro atoms. The fourth-order valence-electron chi connectivity index (χ4n) is 1.76. The molecule has 0 bridgehead atoms. The van der Waals surface area contributed by atoms with Crippen molar-refractivity contribution in [3.63, 3.8) is 0 Å². The number of hydrogen-bond acceptors (Lipinski definition) is 6. The summed E-state index contributed by atoms with van der Waals surface area (Å²) in [5.41, 5.74) is 6.03. The molecule has 2 aromatic carbocycles. The van der Waals surface area contributed by atoms with Gasteiger partial charge in [-0.25, -0.2) is 0 Å². The number of benzene rings is 2. The van der Waals surface area contributed by atoms with Gasteiger partial charge in [0, 0.05) is 12.1 Å². The molecule has 0 amide bonds. The van der Waals surface area contributed by atoms with E-state index in [-0.39, 0.29) is 11.4 Å². The van der Waals surface area contributed by atoms with Crippen LogP contribution in [0, 0.1) is 20.2 Å². The average molecular weight is 412 g/mol. The minimum atomic E-state index is -4.60. The lowest BCUT2D eigenvalue weighted by atomic mass is 10.1. The summed E-state index contributed by atoms with van der Waals surface area (Å²) in [5.74, 6) is 0. The maximum Gasteiger partial charge on any atom is 0.416 e. The van der Waals surface area contributed by atoms with Crippen LogP contribution in [0.5, 0.6) is 0 Å². The minimum absolute atomic E-state index is 0.289. The van der Waals surface area contributed by atoms with E-state index in [2.05, 4.69) is 0 Å². The van der Waals surface area contributed by atoms with Gasteiger partial charge in [-0.15, -0.1) is 0 Å². The number of halogens is 6. The Balaban J connectivity index is 0.000000280. The zero-order chi connectivity index (χ0) is 21.9. The summed E-state index contributed by atoms with van der Waals surface area (Å²) in [6.07, 6.45) is -9.20. The van der Waals surface area contributed by atoms with Crippen molar-refractivity contribution < 1.29 is 36.2 Å². The molecule has 0 saturated heterocycles. The van der Waals surface area contributed by atoms with Crippen LogP contribution < -0.4 is 11.5 Å². The summed E-state index contributed by atoms with van der Waals surface area (Å²) in [7, 11) is 0. The first-order valence-corrected chi connectivity index (χ1v) is 6.86. The third kappa shape index (κ3) is 5.72. The summed E-state index contributed by atoms with van der Waals surface area (Å²) in [6.45, 7) is 0. The number of nitro groups is 2. The van der Waals surface area contributed by atoms with Crippen LogP contribution in [0.25, 0.3) is 0 Å². The molecule has 0 saturated carbocycles. The lowest BCUT2D eigenvalue weighted by molar-refractivity contribution is -0.384. The van der Waals surface area contributed by atoms with Crippen LogP contribution in [-0.4, -0.2) is 9.85 Å². The predicted octanol–water partition coefficient (Wildman–Crippen LogP) is 4.39. The molecule has 0 aliphatic heterocycles. The van der Waals surface area contributed by atoms with Crippen molar-refractivity contribution in [3.05, 3.63) is 67.8 Å². The lowest BCUT2D eigenvalue weighted by Crippen LogP contribution is -2.06. The van der Waals surface area contributed by atoms with Crippen LogP contribution in [0.4, 0.5) is 49.1 Å². The number of nitrogen functional groups attached to an aromatic ring is 2. The second-order valence-electron chi connectivity index (χ2n) is 5.06. The van der Waals surface area contributed by atoms with Gasteiger partial charge in [-0.3, -0.25) is 20.2 Å². The Hall–Kier alpha value is -3.58.